The molecular weight excluding hydrogens is 325 g/mol. The molecule has 0 saturated heterocycles. The molecule has 0 saturated carbocycles. The fourth-order valence-corrected chi connectivity index (χ4v) is 3.03. The van der Waals surface area contributed by atoms with Crippen LogP contribution in [-0.4, -0.2) is 11.0 Å². The van der Waals surface area contributed by atoms with Gasteiger partial charge in [-0.2, -0.15) is 0 Å². The van der Waals surface area contributed by atoms with Gasteiger partial charge >= 0.3 is 5.97 Å². The smallest absolute Gasteiger partial charge is 0.310 e. The van der Waals surface area contributed by atoms with E-state index in [-0.39, 0.29) is 18.8 Å². The second kappa shape index (κ2) is 7.36. The van der Waals surface area contributed by atoms with E-state index in [9.17, 15) is 9.18 Å². The number of hydrogen-bond donors (Lipinski definition) is 0. The Morgan fingerprint density at radius 3 is 2.75 bits per heavy atom. The van der Waals surface area contributed by atoms with Gasteiger partial charge in [0.25, 0.3) is 0 Å². The summed E-state index contributed by atoms with van der Waals surface area (Å²) in [6.07, 6.45) is 0.0483. The summed E-state index contributed by atoms with van der Waals surface area (Å²) >= 11 is 1.51. The van der Waals surface area contributed by atoms with Crippen LogP contribution in [0.1, 0.15) is 16.8 Å². The van der Waals surface area contributed by atoms with Gasteiger partial charge < -0.3 is 4.74 Å². The summed E-state index contributed by atoms with van der Waals surface area (Å²) in [5.41, 5.74) is 3.55. The first kappa shape index (κ1) is 16.3. The second-order valence-corrected chi connectivity index (χ2v) is 6.34. The molecule has 0 atom stereocenters. The third-order valence-corrected chi connectivity index (χ3v) is 4.41. The van der Waals surface area contributed by atoms with Crippen LogP contribution in [0.2, 0.25) is 0 Å². The van der Waals surface area contributed by atoms with Gasteiger partial charge in [0.1, 0.15) is 17.4 Å². The molecule has 0 amide bonds. The minimum absolute atomic E-state index is 0.0483. The first-order valence-electron chi connectivity index (χ1n) is 7.52. The SMILES string of the molecule is Cc1ccc(-c2nc(COC(=O)Cc3cccc(F)c3)cs2)cc1. The molecule has 1 heterocycles. The quantitative estimate of drug-likeness (QED) is 0.640. The minimum Gasteiger partial charge on any atom is -0.459 e. The van der Waals surface area contributed by atoms with E-state index in [2.05, 4.69) is 4.98 Å². The molecule has 5 heteroatoms. The van der Waals surface area contributed by atoms with E-state index in [0.717, 1.165) is 10.6 Å². The highest BCUT2D eigenvalue weighted by Crippen LogP contribution is 2.24. The number of ether oxygens (including phenoxy) is 1. The Labute approximate surface area is 143 Å². The summed E-state index contributed by atoms with van der Waals surface area (Å²) < 4.78 is 18.3. The number of aryl methyl sites for hydroxylation is 1. The number of aromatic nitrogens is 1. The second-order valence-electron chi connectivity index (χ2n) is 5.48. The minimum atomic E-state index is -0.398. The molecule has 0 aliphatic carbocycles. The highest BCUT2D eigenvalue weighted by Gasteiger charge is 2.09. The normalized spacial score (nSPS) is 10.6. The molecule has 2 aromatic carbocycles. The van der Waals surface area contributed by atoms with Gasteiger partial charge in [-0.25, -0.2) is 9.37 Å². The molecule has 0 spiro atoms. The zero-order valence-corrected chi connectivity index (χ0v) is 14.0. The average Bonchev–Trinajstić information content (AvgIpc) is 3.03. The first-order valence-corrected chi connectivity index (χ1v) is 8.39. The zero-order valence-electron chi connectivity index (χ0n) is 13.2. The van der Waals surface area contributed by atoms with Gasteiger partial charge in [-0.1, -0.05) is 42.0 Å². The fourth-order valence-electron chi connectivity index (χ4n) is 2.22. The highest BCUT2D eigenvalue weighted by atomic mass is 32.1. The van der Waals surface area contributed by atoms with Gasteiger partial charge in [0.2, 0.25) is 0 Å². The summed E-state index contributed by atoms with van der Waals surface area (Å²) in [7, 11) is 0. The van der Waals surface area contributed by atoms with E-state index in [1.165, 1.54) is 29.0 Å². The Morgan fingerprint density at radius 2 is 2.00 bits per heavy atom. The van der Waals surface area contributed by atoms with Crippen LogP contribution in [0.15, 0.2) is 53.9 Å². The number of halogens is 1. The predicted octanol–water partition coefficient (Wildman–Crippen LogP) is 4.54. The maximum Gasteiger partial charge on any atom is 0.310 e. The summed E-state index contributed by atoms with van der Waals surface area (Å²) in [5.74, 6) is -0.756. The van der Waals surface area contributed by atoms with Gasteiger partial charge in [0.05, 0.1) is 12.1 Å². The third kappa shape index (κ3) is 4.26. The van der Waals surface area contributed by atoms with Crippen molar-refractivity contribution >= 4 is 17.3 Å². The molecule has 24 heavy (non-hydrogen) atoms. The van der Waals surface area contributed by atoms with Gasteiger partial charge in [0.15, 0.2) is 0 Å². The maximum atomic E-state index is 13.1. The number of esters is 1. The van der Waals surface area contributed by atoms with Crippen molar-refractivity contribution in [1.29, 1.82) is 0 Å². The lowest BCUT2D eigenvalue weighted by atomic mass is 10.1. The van der Waals surface area contributed by atoms with Crippen LogP contribution in [0.4, 0.5) is 4.39 Å². The van der Waals surface area contributed by atoms with E-state index in [1.807, 2.05) is 36.6 Å². The Balaban J connectivity index is 1.57. The number of carbonyl (C=O) groups excluding carboxylic acids is 1. The molecule has 0 fully saturated rings. The van der Waals surface area contributed by atoms with Crippen LogP contribution in [0.25, 0.3) is 10.6 Å². The fraction of sp³-hybridized carbons (Fsp3) is 0.158. The lowest BCUT2D eigenvalue weighted by Gasteiger charge is -2.03. The molecule has 0 aliphatic heterocycles. The molecule has 0 bridgehead atoms. The highest BCUT2D eigenvalue weighted by molar-refractivity contribution is 7.13. The van der Waals surface area contributed by atoms with Gasteiger partial charge in [-0.15, -0.1) is 11.3 Å². The number of nitrogens with zero attached hydrogens (tertiary/aromatic N) is 1. The van der Waals surface area contributed by atoms with Crippen molar-refractivity contribution in [2.24, 2.45) is 0 Å². The van der Waals surface area contributed by atoms with Crippen LogP contribution in [0.5, 0.6) is 0 Å². The monoisotopic (exact) mass is 341 g/mol. The molecule has 0 unspecified atom stereocenters. The molecule has 0 aliphatic rings. The van der Waals surface area contributed by atoms with Gasteiger partial charge in [-0.05, 0) is 24.6 Å². The molecule has 3 rings (SSSR count). The van der Waals surface area contributed by atoms with E-state index in [0.29, 0.717) is 11.3 Å². The summed E-state index contributed by atoms with van der Waals surface area (Å²) in [5, 5.41) is 2.77. The van der Waals surface area contributed by atoms with Crippen molar-refractivity contribution in [3.63, 3.8) is 0 Å². The van der Waals surface area contributed by atoms with Crippen molar-refractivity contribution < 1.29 is 13.9 Å². The van der Waals surface area contributed by atoms with E-state index in [1.54, 1.807) is 12.1 Å². The molecule has 122 valence electrons. The number of hydrogen-bond acceptors (Lipinski definition) is 4. The zero-order chi connectivity index (χ0) is 16.9. The van der Waals surface area contributed by atoms with Crippen molar-refractivity contribution in [2.45, 2.75) is 20.0 Å². The third-order valence-electron chi connectivity index (χ3n) is 3.47. The number of rotatable bonds is 5. The van der Waals surface area contributed by atoms with E-state index >= 15 is 0 Å². The first-order chi connectivity index (χ1) is 11.6. The Morgan fingerprint density at radius 1 is 1.21 bits per heavy atom. The van der Waals surface area contributed by atoms with Crippen LogP contribution in [0, 0.1) is 12.7 Å². The topological polar surface area (TPSA) is 39.2 Å². The molecular formula is C19H16FNO2S. The lowest BCUT2D eigenvalue weighted by Crippen LogP contribution is -2.08. The molecule has 3 aromatic rings. The maximum absolute atomic E-state index is 13.1. The van der Waals surface area contributed by atoms with Crippen molar-refractivity contribution in [1.82, 2.24) is 4.98 Å². The van der Waals surface area contributed by atoms with Crippen molar-refractivity contribution in [2.75, 3.05) is 0 Å². The Kier molecular flexibility index (Phi) is 5.01. The van der Waals surface area contributed by atoms with E-state index in [4.69, 9.17) is 4.74 Å². The number of thiazole rings is 1. The summed E-state index contributed by atoms with van der Waals surface area (Å²) in [6.45, 7) is 2.16. The molecule has 3 nitrogen and oxygen atoms in total. The Bertz CT molecular complexity index is 843. The van der Waals surface area contributed by atoms with Crippen LogP contribution in [0.3, 0.4) is 0 Å². The lowest BCUT2D eigenvalue weighted by molar-refractivity contribution is -0.144. The number of benzene rings is 2. The standard InChI is InChI=1S/C19H16FNO2S/c1-13-5-7-15(8-6-13)19-21-17(12-24-19)11-23-18(22)10-14-3-2-4-16(20)9-14/h2-9,12H,10-11H2,1H3. The predicted molar refractivity (Wildman–Crippen MR) is 92.2 cm³/mol. The van der Waals surface area contributed by atoms with Crippen molar-refractivity contribution in [3.05, 3.63) is 76.5 Å². The molecule has 1 aromatic heterocycles. The largest absolute Gasteiger partial charge is 0.459 e. The Hall–Kier alpha value is -2.53. The van der Waals surface area contributed by atoms with Crippen LogP contribution in [-0.2, 0) is 22.6 Å². The van der Waals surface area contributed by atoms with E-state index < -0.39 is 5.97 Å². The van der Waals surface area contributed by atoms with Crippen LogP contribution >= 0.6 is 11.3 Å². The summed E-state index contributed by atoms with van der Waals surface area (Å²) in [6, 6.07) is 14.1. The van der Waals surface area contributed by atoms with Gasteiger partial charge in [-0.3, -0.25) is 4.79 Å². The average molecular weight is 341 g/mol. The number of carbonyl (C=O) groups is 1. The molecule has 0 N–H and O–H groups in total. The van der Waals surface area contributed by atoms with Crippen LogP contribution < -0.4 is 0 Å². The van der Waals surface area contributed by atoms with Gasteiger partial charge in [0, 0.05) is 10.9 Å². The summed E-state index contributed by atoms with van der Waals surface area (Å²) in [4.78, 5) is 16.3. The van der Waals surface area contributed by atoms with Crippen molar-refractivity contribution in [3.8, 4) is 10.6 Å². The molecule has 0 radical (unpaired) electrons.